The van der Waals surface area contributed by atoms with Gasteiger partial charge in [0.15, 0.2) is 5.76 Å². The summed E-state index contributed by atoms with van der Waals surface area (Å²) in [6.45, 7) is 0.163. The van der Waals surface area contributed by atoms with E-state index in [1.165, 1.54) is 18.2 Å². The highest BCUT2D eigenvalue weighted by molar-refractivity contribution is 6.35. The van der Waals surface area contributed by atoms with Crippen molar-refractivity contribution in [2.45, 2.75) is 6.61 Å². The molecule has 6 nitrogen and oxygen atoms in total. The number of ether oxygens (including phenoxy) is 2. The van der Waals surface area contributed by atoms with E-state index in [4.69, 9.17) is 32.7 Å². The fraction of sp³-hybridized carbons (Fsp3) is 0.0455. The Morgan fingerprint density at radius 1 is 1.03 bits per heavy atom. The number of hydrogen-bond donors (Lipinski definition) is 0. The van der Waals surface area contributed by atoms with Gasteiger partial charge >= 0.3 is 0 Å². The van der Waals surface area contributed by atoms with Crippen molar-refractivity contribution in [3.05, 3.63) is 103 Å². The molecule has 0 amide bonds. The molecule has 3 aromatic carbocycles. The smallest absolute Gasteiger partial charge is 0.269 e. The fourth-order valence-corrected chi connectivity index (χ4v) is 3.43. The molecule has 0 spiro atoms. The first kappa shape index (κ1) is 19.9. The van der Waals surface area contributed by atoms with Crippen molar-refractivity contribution in [2.75, 3.05) is 0 Å². The summed E-state index contributed by atoms with van der Waals surface area (Å²) in [6.07, 6.45) is 1.54. The van der Waals surface area contributed by atoms with E-state index in [0.29, 0.717) is 38.2 Å². The number of fused-ring (bicyclic) bond motifs is 1. The van der Waals surface area contributed by atoms with Crippen LogP contribution in [0.4, 0.5) is 5.69 Å². The van der Waals surface area contributed by atoms with E-state index in [2.05, 4.69) is 0 Å². The molecule has 0 fully saturated rings. The molecular formula is C22H13Cl2NO5. The Balaban J connectivity index is 1.51. The molecule has 30 heavy (non-hydrogen) atoms. The minimum Gasteiger partial charge on any atom is -0.489 e. The third-order valence-electron chi connectivity index (χ3n) is 4.49. The van der Waals surface area contributed by atoms with Crippen molar-refractivity contribution < 1.29 is 19.2 Å². The minimum atomic E-state index is -0.485. The van der Waals surface area contributed by atoms with Crippen molar-refractivity contribution in [3.63, 3.8) is 0 Å². The second kappa shape index (κ2) is 8.18. The maximum Gasteiger partial charge on any atom is 0.269 e. The summed E-state index contributed by atoms with van der Waals surface area (Å²) in [5, 5.41) is 11.8. The number of rotatable bonds is 5. The van der Waals surface area contributed by atoms with Gasteiger partial charge in [0.25, 0.3) is 5.69 Å². The van der Waals surface area contributed by atoms with Gasteiger partial charge in [0.1, 0.15) is 18.1 Å². The Labute approximate surface area is 181 Å². The number of ketones is 1. The lowest BCUT2D eigenvalue weighted by Gasteiger charge is -2.10. The minimum absolute atomic E-state index is 0.0282. The average Bonchev–Trinajstić information content (AvgIpc) is 3.03. The molecule has 3 aromatic rings. The van der Waals surface area contributed by atoms with E-state index in [9.17, 15) is 14.9 Å². The summed E-state index contributed by atoms with van der Waals surface area (Å²) < 4.78 is 11.4. The van der Waals surface area contributed by atoms with Crippen LogP contribution in [0.3, 0.4) is 0 Å². The second-order valence-corrected chi connectivity index (χ2v) is 7.25. The topological polar surface area (TPSA) is 78.7 Å². The van der Waals surface area contributed by atoms with Crippen LogP contribution in [-0.2, 0) is 6.61 Å². The van der Waals surface area contributed by atoms with Gasteiger partial charge in [0, 0.05) is 33.8 Å². The first-order chi connectivity index (χ1) is 14.4. The van der Waals surface area contributed by atoms with Crippen molar-refractivity contribution in [1.82, 2.24) is 0 Å². The van der Waals surface area contributed by atoms with Crippen LogP contribution < -0.4 is 9.47 Å². The van der Waals surface area contributed by atoms with Gasteiger partial charge in [0.05, 0.1) is 10.5 Å². The molecule has 8 heteroatoms. The number of benzene rings is 3. The van der Waals surface area contributed by atoms with E-state index in [1.807, 2.05) is 0 Å². The molecule has 0 unspecified atom stereocenters. The van der Waals surface area contributed by atoms with Crippen LogP contribution in [0.25, 0.3) is 6.08 Å². The number of hydrogen-bond acceptors (Lipinski definition) is 5. The van der Waals surface area contributed by atoms with Crippen LogP contribution in [0.5, 0.6) is 11.5 Å². The first-order valence-corrected chi connectivity index (χ1v) is 9.56. The highest BCUT2D eigenvalue weighted by atomic mass is 35.5. The van der Waals surface area contributed by atoms with Gasteiger partial charge in [-0.2, -0.15) is 0 Å². The number of carbonyl (C=O) groups excluding carboxylic acids is 1. The zero-order chi connectivity index (χ0) is 21.3. The third kappa shape index (κ3) is 4.01. The molecule has 0 atom stereocenters. The molecule has 1 aliphatic rings. The van der Waals surface area contributed by atoms with E-state index in [-0.39, 0.29) is 23.8 Å². The monoisotopic (exact) mass is 441 g/mol. The zero-order valence-electron chi connectivity index (χ0n) is 15.3. The molecule has 0 saturated carbocycles. The normalized spacial score (nSPS) is 13.8. The van der Waals surface area contributed by atoms with E-state index < -0.39 is 4.92 Å². The largest absolute Gasteiger partial charge is 0.489 e. The zero-order valence-corrected chi connectivity index (χ0v) is 16.8. The molecule has 0 saturated heterocycles. The van der Waals surface area contributed by atoms with Gasteiger partial charge in [-0.15, -0.1) is 0 Å². The van der Waals surface area contributed by atoms with Crippen LogP contribution in [0.15, 0.2) is 66.4 Å². The fourth-order valence-electron chi connectivity index (χ4n) is 2.93. The van der Waals surface area contributed by atoms with Gasteiger partial charge < -0.3 is 9.47 Å². The molecule has 150 valence electrons. The molecule has 4 rings (SSSR count). The lowest BCUT2D eigenvalue weighted by atomic mass is 10.1. The predicted molar refractivity (Wildman–Crippen MR) is 113 cm³/mol. The van der Waals surface area contributed by atoms with Gasteiger partial charge in [-0.25, -0.2) is 0 Å². The van der Waals surface area contributed by atoms with Crippen molar-refractivity contribution in [2.24, 2.45) is 0 Å². The maximum absolute atomic E-state index is 12.6. The lowest BCUT2D eigenvalue weighted by molar-refractivity contribution is -0.384. The van der Waals surface area contributed by atoms with Crippen LogP contribution in [0, 0.1) is 10.1 Å². The number of nitro groups is 1. The molecule has 0 radical (unpaired) electrons. The highest BCUT2D eigenvalue weighted by Crippen LogP contribution is 2.35. The predicted octanol–water partition coefficient (Wildman–Crippen LogP) is 6.10. The summed E-state index contributed by atoms with van der Waals surface area (Å²) in [6, 6.07) is 15.9. The molecule has 1 aliphatic heterocycles. The summed E-state index contributed by atoms with van der Waals surface area (Å²) >= 11 is 12.3. The number of non-ortho nitro benzene ring substituents is 1. The summed E-state index contributed by atoms with van der Waals surface area (Å²) in [5.41, 5.74) is 1.66. The Morgan fingerprint density at radius 3 is 2.40 bits per heavy atom. The Bertz CT molecular complexity index is 1170. The molecule has 0 aromatic heterocycles. The molecular weight excluding hydrogens is 429 g/mol. The number of halogens is 2. The van der Waals surface area contributed by atoms with Gasteiger partial charge in [-0.3, -0.25) is 14.9 Å². The van der Waals surface area contributed by atoms with Gasteiger partial charge in [-0.1, -0.05) is 29.3 Å². The SMILES string of the molecule is O=C1/C(=C/c2ccc([N+](=O)[O-])cc2)Oc2cc(OCc3c(Cl)cccc3Cl)ccc21. The first-order valence-electron chi connectivity index (χ1n) is 8.81. The number of allylic oxidation sites excluding steroid dienone is 1. The number of carbonyl (C=O) groups is 1. The quantitative estimate of drug-likeness (QED) is 0.271. The summed E-state index contributed by atoms with van der Waals surface area (Å²) in [5.74, 6) is 0.722. The Hall–Kier alpha value is -3.35. The van der Waals surface area contributed by atoms with Crippen LogP contribution in [-0.4, -0.2) is 10.7 Å². The third-order valence-corrected chi connectivity index (χ3v) is 5.20. The summed E-state index contributed by atoms with van der Waals surface area (Å²) in [4.78, 5) is 22.8. The van der Waals surface area contributed by atoms with Gasteiger partial charge in [0.2, 0.25) is 5.78 Å². The number of nitrogens with zero attached hydrogens (tertiary/aromatic N) is 1. The van der Waals surface area contributed by atoms with Crippen LogP contribution in [0.2, 0.25) is 10.0 Å². The Morgan fingerprint density at radius 2 is 1.73 bits per heavy atom. The van der Waals surface area contributed by atoms with E-state index in [0.717, 1.165) is 0 Å². The summed E-state index contributed by atoms with van der Waals surface area (Å²) in [7, 11) is 0. The van der Waals surface area contributed by atoms with Crippen molar-refractivity contribution in [1.29, 1.82) is 0 Å². The molecule has 0 N–H and O–H groups in total. The molecule has 1 heterocycles. The second-order valence-electron chi connectivity index (χ2n) is 6.44. The van der Waals surface area contributed by atoms with Crippen LogP contribution >= 0.6 is 23.2 Å². The highest BCUT2D eigenvalue weighted by Gasteiger charge is 2.27. The standard InChI is InChI=1S/C22H13Cl2NO5/c23-18-2-1-3-19(24)17(18)12-29-15-8-9-16-20(11-15)30-21(22(16)26)10-13-4-6-14(7-5-13)25(27)28/h1-11H,12H2/b21-10-. The van der Waals surface area contributed by atoms with Crippen molar-refractivity contribution >= 4 is 40.7 Å². The number of nitro benzene ring substituents is 1. The van der Waals surface area contributed by atoms with Gasteiger partial charge in [-0.05, 0) is 48.0 Å². The maximum atomic E-state index is 12.6. The Kier molecular flexibility index (Phi) is 5.44. The van der Waals surface area contributed by atoms with E-state index >= 15 is 0 Å². The van der Waals surface area contributed by atoms with Crippen LogP contribution in [0.1, 0.15) is 21.5 Å². The van der Waals surface area contributed by atoms with Crippen molar-refractivity contribution in [3.8, 4) is 11.5 Å². The van der Waals surface area contributed by atoms with E-state index in [1.54, 1.807) is 48.5 Å². The molecule has 0 bridgehead atoms. The molecule has 0 aliphatic carbocycles. The average molecular weight is 442 g/mol. The number of Topliss-reactive ketones (excluding diaryl/α,β-unsaturated/α-hetero) is 1. The lowest BCUT2D eigenvalue weighted by Crippen LogP contribution is -1.98.